The molecule has 1 N–H and O–H groups in total. The van der Waals surface area contributed by atoms with Gasteiger partial charge in [-0.1, -0.05) is 27.5 Å². The lowest BCUT2D eigenvalue weighted by Gasteiger charge is -2.04. The van der Waals surface area contributed by atoms with Crippen LogP contribution in [-0.4, -0.2) is 9.97 Å². The van der Waals surface area contributed by atoms with E-state index in [9.17, 15) is 4.79 Å². The maximum atomic E-state index is 12.4. The minimum Gasteiger partial charge on any atom is -0.360 e. The monoisotopic (exact) mass is 334 g/mol. The van der Waals surface area contributed by atoms with Crippen molar-refractivity contribution in [3.05, 3.63) is 62.6 Å². The number of aromatic nitrogens is 2. The van der Waals surface area contributed by atoms with E-state index in [0.717, 1.165) is 15.6 Å². The van der Waals surface area contributed by atoms with Gasteiger partial charge in [0.25, 0.3) is 0 Å². The van der Waals surface area contributed by atoms with E-state index in [-0.39, 0.29) is 5.43 Å². The molecule has 0 amide bonds. The quantitative estimate of drug-likeness (QED) is 0.683. The first kappa shape index (κ1) is 12.4. The van der Waals surface area contributed by atoms with E-state index < -0.39 is 0 Å². The number of pyridine rings is 2. The molecule has 0 radical (unpaired) electrons. The molecule has 0 fully saturated rings. The Morgan fingerprint density at radius 2 is 2.05 bits per heavy atom. The number of hydrogen-bond acceptors (Lipinski definition) is 2. The fraction of sp³-hybridized carbons (Fsp3) is 0. The maximum absolute atomic E-state index is 12.4. The molecule has 0 saturated carbocycles. The van der Waals surface area contributed by atoms with Crippen LogP contribution >= 0.6 is 27.5 Å². The number of hydrogen-bond donors (Lipinski definition) is 1. The SMILES string of the molecule is O=c1c(-c2ccc(Cl)nc2)c[nH]c2cc(Br)ccc12. The van der Waals surface area contributed by atoms with Crippen molar-refractivity contribution in [1.82, 2.24) is 9.97 Å². The number of aromatic amines is 1. The highest BCUT2D eigenvalue weighted by Crippen LogP contribution is 2.20. The zero-order chi connectivity index (χ0) is 13.4. The summed E-state index contributed by atoms with van der Waals surface area (Å²) >= 11 is 9.13. The minimum absolute atomic E-state index is 0.0228. The zero-order valence-electron chi connectivity index (χ0n) is 9.65. The van der Waals surface area contributed by atoms with Crippen LogP contribution in [0.3, 0.4) is 0 Å². The van der Waals surface area contributed by atoms with Crippen LogP contribution in [0, 0.1) is 0 Å². The summed E-state index contributed by atoms with van der Waals surface area (Å²) in [5.74, 6) is 0. The van der Waals surface area contributed by atoms with Crippen LogP contribution in [0.5, 0.6) is 0 Å². The first-order chi connectivity index (χ1) is 9.15. The van der Waals surface area contributed by atoms with Crippen LogP contribution in [-0.2, 0) is 0 Å². The Kier molecular flexibility index (Phi) is 3.12. The lowest BCUT2D eigenvalue weighted by atomic mass is 10.1. The molecule has 0 bridgehead atoms. The fourth-order valence-corrected chi connectivity index (χ4v) is 2.42. The predicted octanol–water partition coefficient (Wildman–Crippen LogP) is 4.01. The number of benzene rings is 1. The Bertz CT molecular complexity index is 812. The molecule has 3 nitrogen and oxygen atoms in total. The largest absolute Gasteiger partial charge is 0.360 e. The van der Waals surface area contributed by atoms with Crippen molar-refractivity contribution in [3.63, 3.8) is 0 Å². The summed E-state index contributed by atoms with van der Waals surface area (Å²) in [4.78, 5) is 19.5. The molecule has 0 aliphatic rings. The Morgan fingerprint density at radius 3 is 2.79 bits per heavy atom. The molecule has 2 heterocycles. The lowest BCUT2D eigenvalue weighted by Crippen LogP contribution is -2.06. The first-order valence-corrected chi connectivity index (χ1v) is 6.75. The Labute approximate surface area is 122 Å². The van der Waals surface area contributed by atoms with Crippen LogP contribution in [0.2, 0.25) is 5.15 Å². The molecule has 19 heavy (non-hydrogen) atoms. The summed E-state index contributed by atoms with van der Waals surface area (Å²) in [5.41, 5.74) is 2.10. The number of rotatable bonds is 1. The highest BCUT2D eigenvalue weighted by atomic mass is 79.9. The van der Waals surface area contributed by atoms with E-state index in [1.165, 1.54) is 0 Å². The fourth-order valence-electron chi connectivity index (χ4n) is 1.94. The molecular weight excluding hydrogens is 328 g/mol. The van der Waals surface area contributed by atoms with Crippen LogP contribution in [0.4, 0.5) is 0 Å². The summed E-state index contributed by atoms with van der Waals surface area (Å²) < 4.78 is 0.927. The average Bonchev–Trinajstić information content (AvgIpc) is 2.40. The molecule has 3 aromatic rings. The Morgan fingerprint density at radius 1 is 1.21 bits per heavy atom. The van der Waals surface area contributed by atoms with Crippen LogP contribution in [0.15, 0.2) is 52.0 Å². The molecule has 94 valence electrons. The van der Waals surface area contributed by atoms with Gasteiger partial charge in [-0.05, 0) is 30.3 Å². The number of fused-ring (bicyclic) bond motifs is 1. The summed E-state index contributed by atoms with van der Waals surface area (Å²) in [7, 11) is 0. The number of halogens is 2. The number of nitrogens with zero attached hydrogens (tertiary/aromatic N) is 1. The number of nitrogens with one attached hydrogen (secondary N) is 1. The van der Waals surface area contributed by atoms with E-state index in [1.807, 2.05) is 12.1 Å². The van der Waals surface area contributed by atoms with Gasteiger partial charge in [-0.2, -0.15) is 0 Å². The van der Waals surface area contributed by atoms with Crippen molar-refractivity contribution in [3.8, 4) is 11.1 Å². The molecule has 1 aromatic carbocycles. The highest BCUT2D eigenvalue weighted by molar-refractivity contribution is 9.10. The summed E-state index contributed by atoms with van der Waals surface area (Å²) in [6.45, 7) is 0. The minimum atomic E-state index is -0.0228. The summed E-state index contributed by atoms with van der Waals surface area (Å²) in [6, 6.07) is 8.97. The second-order valence-electron chi connectivity index (χ2n) is 4.09. The van der Waals surface area contributed by atoms with Gasteiger partial charge >= 0.3 is 0 Å². The van der Waals surface area contributed by atoms with E-state index >= 15 is 0 Å². The van der Waals surface area contributed by atoms with Crippen LogP contribution in [0.1, 0.15) is 0 Å². The molecule has 5 heteroatoms. The van der Waals surface area contributed by atoms with E-state index in [4.69, 9.17) is 11.6 Å². The highest BCUT2D eigenvalue weighted by Gasteiger charge is 2.07. The van der Waals surface area contributed by atoms with Gasteiger partial charge in [0, 0.05) is 33.4 Å². The van der Waals surface area contributed by atoms with E-state index in [0.29, 0.717) is 16.1 Å². The molecular formula is C14H8BrClN2O. The third-order valence-corrected chi connectivity index (χ3v) is 3.60. The molecule has 2 aromatic heterocycles. The summed E-state index contributed by atoms with van der Waals surface area (Å²) in [6.07, 6.45) is 3.29. The van der Waals surface area contributed by atoms with Gasteiger partial charge in [0.15, 0.2) is 5.43 Å². The molecule has 0 aliphatic carbocycles. The standard InChI is InChI=1S/C14H8BrClN2O/c15-9-2-3-10-12(5-9)17-7-11(14(10)19)8-1-4-13(16)18-6-8/h1-7H,(H,17,19). The van der Waals surface area contributed by atoms with Crippen molar-refractivity contribution in [2.75, 3.05) is 0 Å². The van der Waals surface area contributed by atoms with Crippen molar-refractivity contribution in [2.24, 2.45) is 0 Å². The third kappa shape index (κ3) is 2.29. The Balaban J connectivity index is 2.26. The van der Waals surface area contributed by atoms with Gasteiger partial charge in [0.1, 0.15) is 5.15 Å². The second-order valence-corrected chi connectivity index (χ2v) is 5.39. The predicted molar refractivity (Wildman–Crippen MR) is 80.5 cm³/mol. The molecule has 0 aliphatic heterocycles. The molecule has 0 spiro atoms. The molecule has 0 saturated heterocycles. The lowest BCUT2D eigenvalue weighted by molar-refractivity contribution is 1.31. The average molecular weight is 336 g/mol. The van der Waals surface area contributed by atoms with E-state index in [2.05, 4.69) is 25.9 Å². The van der Waals surface area contributed by atoms with Gasteiger partial charge in [-0.15, -0.1) is 0 Å². The topological polar surface area (TPSA) is 45.8 Å². The van der Waals surface area contributed by atoms with Crippen molar-refractivity contribution in [2.45, 2.75) is 0 Å². The smallest absolute Gasteiger partial charge is 0.197 e. The molecule has 0 unspecified atom stereocenters. The van der Waals surface area contributed by atoms with Crippen molar-refractivity contribution in [1.29, 1.82) is 0 Å². The van der Waals surface area contributed by atoms with Crippen LogP contribution < -0.4 is 5.43 Å². The van der Waals surface area contributed by atoms with Crippen molar-refractivity contribution < 1.29 is 0 Å². The molecule has 3 rings (SSSR count). The van der Waals surface area contributed by atoms with Gasteiger partial charge in [-0.3, -0.25) is 4.79 Å². The first-order valence-electron chi connectivity index (χ1n) is 5.58. The molecule has 0 atom stereocenters. The number of H-pyrrole nitrogens is 1. The zero-order valence-corrected chi connectivity index (χ0v) is 12.0. The van der Waals surface area contributed by atoms with Crippen molar-refractivity contribution >= 4 is 38.4 Å². The van der Waals surface area contributed by atoms with Gasteiger partial charge in [0.2, 0.25) is 0 Å². The van der Waals surface area contributed by atoms with E-state index in [1.54, 1.807) is 30.6 Å². The third-order valence-electron chi connectivity index (χ3n) is 2.88. The van der Waals surface area contributed by atoms with Gasteiger partial charge < -0.3 is 4.98 Å². The maximum Gasteiger partial charge on any atom is 0.197 e. The summed E-state index contributed by atoms with van der Waals surface area (Å²) in [5, 5.41) is 1.06. The Hall–Kier alpha value is -1.65. The second kappa shape index (κ2) is 4.79. The van der Waals surface area contributed by atoms with Crippen LogP contribution in [0.25, 0.3) is 22.0 Å². The van der Waals surface area contributed by atoms with Gasteiger partial charge in [0.05, 0.1) is 5.52 Å². The van der Waals surface area contributed by atoms with Gasteiger partial charge in [-0.25, -0.2) is 4.98 Å². The normalized spacial score (nSPS) is 10.8.